The minimum Gasteiger partial charge on any atom is -0.493 e. The zero-order chi connectivity index (χ0) is 23.2. The number of nitrogens with zero attached hydrogens (tertiary/aromatic N) is 2. The fourth-order valence-corrected chi connectivity index (χ4v) is 3.19. The SMILES string of the molecule is CCOC(=O)c1cccc(N=c2oc3c(OC)cccc3cc2C(=O)Nc2ccccn2)c1. The number of esters is 1. The Morgan fingerprint density at radius 2 is 1.91 bits per heavy atom. The lowest BCUT2D eigenvalue weighted by atomic mass is 10.1. The highest BCUT2D eigenvalue weighted by atomic mass is 16.5. The number of methoxy groups -OCH3 is 1. The van der Waals surface area contributed by atoms with Crippen LogP contribution in [0.5, 0.6) is 5.75 Å². The third-order valence-corrected chi connectivity index (χ3v) is 4.70. The number of carbonyl (C=O) groups excluding carboxylic acids is 2. The number of carbonyl (C=O) groups is 2. The molecule has 0 bridgehead atoms. The summed E-state index contributed by atoms with van der Waals surface area (Å²) in [6, 6.07) is 18.8. The number of aromatic nitrogens is 1. The predicted octanol–water partition coefficient (Wildman–Crippen LogP) is 4.50. The van der Waals surface area contributed by atoms with E-state index in [4.69, 9.17) is 13.9 Å². The topological polar surface area (TPSA) is 103 Å². The second-order valence-electron chi connectivity index (χ2n) is 6.90. The van der Waals surface area contributed by atoms with Gasteiger partial charge in [-0.3, -0.25) is 4.79 Å². The van der Waals surface area contributed by atoms with Gasteiger partial charge in [-0.05, 0) is 49.4 Å². The zero-order valence-electron chi connectivity index (χ0n) is 18.1. The van der Waals surface area contributed by atoms with Crippen molar-refractivity contribution in [3.05, 3.63) is 89.6 Å². The molecule has 0 aliphatic rings. The molecule has 166 valence electrons. The van der Waals surface area contributed by atoms with Gasteiger partial charge in [-0.25, -0.2) is 14.8 Å². The summed E-state index contributed by atoms with van der Waals surface area (Å²) in [5, 5.41) is 3.42. The number of fused-ring (bicyclic) bond motifs is 1. The van der Waals surface area contributed by atoms with Crippen LogP contribution < -0.4 is 15.6 Å². The maximum absolute atomic E-state index is 13.1. The van der Waals surface area contributed by atoms with E-state index in [1.54, 1.807) is 73.8 Å². The van der Waals surface area contributed by atoms with Gasteiger partial charge in [0.15, 0.2) is 11.3 Å². The van der Waals surface area contributed by atoms with Crippen LogP contribution in [-0.4, -0.2) is 30.6 Å². The first-order valence-electron chi connectivity index (χ1n) is 10.2. The van der Waals surface area contributed by atoms with Crippen molar-refractivity contribution >= 4 is 34.4 Å². The molecule has 0 aliphatic carbocycles. The largest absolute Gasteiger partial charge is 0.493 e. The summed E-state index contributed by atoms with van der Waals surface area (Å²) in [6.45, 7) is 2.00. The molecule has 0 spiro atoms. The van der Waals surface area contributed by atoms with E-state index >= 15 is 0 Å². The molecule has 1 N–H and O–H groups in total. The molecule has 2 aromatic carbocycles. The Bertz CT molecular complexity index is 1380. The Hall–Kier alpha value is -4.46. The maximum atomic E-state index is 13.1. The summed E-state index contributed by atoms with van der Waals surface area (Å²) in [5.74, 6) is -0.00772. The number of anilines is 1. The highest BCUT2D eigenvalue weighted by Crippen LogP contribution is 2.25. The van der Waals surface area contributed by atoms with Crippen molar-refractivity contribution in [2.24, 2.45) is 4.99 Å². The van der Waals surface area contributed by atoms with Gasteiger partial charge in [0, 0.05) is 11.6 Å². The van der Waals surface area contributed by atoms with Crippen LogP contribution >= 0.6 is 0 Å². The molecular weight excluding hydrogens is 422 g/mol. The number of ether oxygens (including phenoxy) is 2. The van der Waals surface area contributed by atoms with Crippen LogP contribution in [-0.2, 0) is 4.74 Å². The third-order valence-electron chi connectivity index (χ3n) is 4.70. The molecule has 2 aromatic heterocycles. The molecule has 0 radical (unpaired) electrons. The molecule has 33 heavy (non-hydrogen) atoms. The van der Waals surface area contributed by atoms with E-state index < -0.39 is 11.9 Å². The van der Waals surface area contributed by atoms with Crippen LogP contribution in [0, 0.1) is 0 Å². The molecule has 0 saturated carbocycles. The van der Waals surface area contributed by atoms with E-state index in [0.29, 0.717) is 33.8 Å². The molecule has 0 saturated heterocycles. The summed E-state index contributed by atoms with van der Waals surface area (Å²) < 4.78 is 16.5. The van der Waals surface area contributed by atoms with Crippen LogP contribution in [0.15, 0.2) is 82.3 Å². The van der Waals surface area contributed by atoms with Crippen LogP contribution in [0.1, 0.15) is 27.6 Å². The normalized spacial score (nSPS) is 11.3. The lowest BCUT2D eigenvalue weighted by Gasteiger charge is -2.08. The number of nitrogens with one attached hydrogen (secondary N) is 1. The Balaban J connectivity index is 1.86. The molecule has 1 amide bonds. The van der Waals surface area contributed by atoms with Crippen molar-refractivity contribution in [2.45, 2.75) is 6.92 Å². The summed E-state index contributed by atoms with van der Waals surface area (Å²) in [5.41, 5.74) is 1.46. The van der Waals surface area contributed by atoms with Gasteiger partial charge >= 0.3 is 5.97 Å². The predicted molar refractivity (Wildman–Crippen MR) is 123 cm³/mol. The fraction of sp³-hybridized carbons (Fsp3) is 0.120. The van der Waals surface area contributed by atoms with Crippen LogP contribution in [0.2, 0.25) is 0 Å². The first-order chi connectivity index (χ1) is 16.1. The molecule has 8 nitrogen and oxygen atoms in total. The fourth-order valence-electron chi connectivity index (χ4n) is 3.19. The van der Waals surface area contributed by atoms with E-state index in [1.165, 1.54) is 7.11 Å². The zero-order valence-corrected chi connectivity index (χ0v) is 18.1. The van der Waals surface area contributed by atoms with E-state index in [2.05, 4.69) is 15.3 Å². The average Bonchev–Trinajstić information content (AvgIpc) is 2.84. The van der Waals surface area contributed by atoms with Crippen molar-refractivity contribution in [2.75, 3.05) is 19.0 Å². The van der Waals surface area contributed by atoms with Gasteiger partial charge < -0.3 is 19.2 Å². The monoisotopic (exact) mass is 443 g/mol. The Morgan fingerprint density at radius 1 is 1.06 bits per heavy atom. The number of para-hydroxylation sites is 1. The second kappa shape index (κ2) is 9.78. The second-order valence-corrected chi connectivity index (χ2v) is 6.90. The van der Waals surface area contributed by atoms with Gasteiger partial charge in [0.05, 0.1) is 25.0 Å². The minimum absolute atomic E-state index is 0.0569. The Morgan fingerprint density at radius 3 is 2.67 bits per heavy atom. The van der Waals surface area contributed by atoms with Gasteiger partial charge in [-0.1, -0.05) is 24.3 Å². The van der Waals surface area contributed by atoms with Crippen LogP contribution in [0.4, 0.5) is 11.5 Å². The van der Waals surface area contributed by atoms with Crippen LogP contribution in [0.25, 0.3) is 11.0 Å². The number of amides is 1. The quantitative estimate of drug-likeness (QED) is 0.440. The highest BCUT2D eigenvalue weighted by molar-refractivity contribution is 6.05. The lowest BCUT2D eigenvalue weighted by Crippen LogP contribution is -2.22. The molecule has 2 heterocycles. The highest BCUT2D eigenvalue weighted by Gasteiger charge is 2.16. The Kier molecular flexibility index (Phi) is 6.45. The molecule has 8 heteroatoms. The number of pyridine rings is 1. The number of benzene rings is 2. The Labute approximate surface area is 189 Å². The number of hydrogen-bond donors (Lipinski definition) is 1. The summed E-state index contributed by atoms with van der Waals surface area (Å²) in [4.78, 5) is 33.9. The maximum Gasteiger partial charge on any atom is 0.338 e. The number of hydrogen-bond acceptors (Lipinski definition) is 7. The van der Waals surface area contributed by atoms with Gasteiger partial charge in [0.25, 0.3) is 5.91 Å². The van der Waals surface area contributed by atoms with Crippen molar-refractivity contribution in [3.8, 4) is 5.75 Å². The van der Waals surface area contributed by atoms with Gasteiger partial charge in [-0.15, -0.1) is 0 Å². The van der Waals surface area contributed by atoms with Gasteiger partial charge in [0.2, 0.25) is 5.55 Å². The van der Waals surface area contributed by atoms with Crippen molar-refractivity contribution in [1.29, 1.82) is 0 Å². The van der Waals surface area contributed by atoms with Crippen LogP contribution in [0.3, 0.4) is 0 Å². The van der Waals surface area contributed by atoms with Gasteiger partial charge in [0.1, 0.15) is 11.4 Å². The molecule has 0 atom stereocenters. The smallest absolute Gasteiger partial charge is 0.338 e. The van der Waals surface area contributed by atoms with E-state index in [0.717, 1.165) is 0 Å². The molecule has 4 rings (SSSR count). The standard InChI is InChI=1S/C25H21N3O5/c1-3-32-25(30)17-9-6-10-18(14-17)27-24-19(23(29)28-21-12-4-5-13-26-21)15-16-8-7-11-20(31-2)22(16)33-24/h4-15H,3H2,1-2H3,(H,26,28,29). The summed E-state index contributed by atoms with van der Waals surface area (Å²) >= 11 is 0. The molecular formula is C25H21N3O5. The summed E-state index contributed by atoms with van der Waals surface area (Å²) in [7, 11) is 1.53. The minimum atomic E-state index is -0.459. The van der Waals surface area contributed by atoms with Crippen molar-refractivity contribution < 1.29 is 23.5 Å². The molecule has 0 unspecified atom stereocenters. The molecule has 4 aromatic rings. The molecule has 0 fully saturated rings. The van der Waals surface area contributed by atoms with Crippen molar-refractivity contribution in [1.82, 2.24) is 4.98 Å². The summed E-state index contributed by atoms with van der Waals surface area (Å²) in [6.07, 6.45) is 1.58. The van der Waals surface area contributed by atoms with E-state index in [9.17, 15) is 9.59 Å². The van der Waals surface area contributed by atoms with Gasteiger partial charge in [-0.2, -0.15) is 0 Å². The first-order valence-corrected chi connectivity index (χ1v) is 10.2. The number of rotatable bonds is 6. The average molecular weight is 443 g/mol. The third kappa shape index (κ3) is 4.90. The van der Waals surface area contributed by atoms with E-state index in [1.807, 2.05) is 6.07 Å². The lowest BCUT2D eigenvalue weighted by molar-refractivity contribution is 0.0526. The van der Waals surface area contributed by atoms with Crippen molar-refractivity contribution in [3.63, 3.8) is 0 Å². The first kappa shape index (κ1) is 21.8. The van der Waals surface area contributed by atoms with E-state index in [-0.39, 0.29) is 17.7 Å². The molecule has 0 aliphatic heterocycles.